The highest BCUT2D eigenvalue weighted by molar-refractivity contribution is 5.35. The van der Waals surface area contributed by atoms with Crippen molar-refractivity contribution in [3.8, 4) is 0 Å². The minimum atomic E-state index is 0.321. The zero-order valence-corrected chi connectivity index (χ0v) is 12.2. The van der Waals surface area contributed by atoms with E-state index < -0.39 is 0 Å². The number of hydrogen-bond acceptors (Lipinski definition) is 4. The molecule has 0 aromatic carbocycles. The van der Waals surface area contributed by atoms with Crippen molar-refractivity contribution in [1.29, 1.82) is 0 Å². The lowest BCUT2D eigenvalue weighted by atomic mass is 10.2. The Morgan fingerprint density at radius 3 is 2.63 bits per heavy atom. The number of anilines is 1. The predicted molar refractivity (Wildman–Crippen MR) is 78.3 cm³/mol. The second-order valence-electron chi connectivity index (χ2n) is 5.43. The molecule has 0 amide bonds. The minimum absolute atomic E-state index is 0.321. The van der Waals surface area contributed by atoms with Crippen LogP contribution < -0.4 is 5.32 Å². The molecule has 4 nitrogen and oxygen atoms in total. The molecule has 0 bridgehead atoms. The molecule has 0 saturated carbocycles. The van der Waals surface area contributed by atoms with Gasteiger partial charge in [-0.25, -0.2) is 4.98 Å². The number of ether oxygens (including phenoxy) is 1. The van der Waals surface area contributed by atoms with Crippen LogP contribution in [0.3, 0.4) is 0 Å². The molecule has 2 atom stereocenters. The van der Waals surface area contributed by atoms with Crippen molar-refractivity contribution < 1.29 is 4.74 Å². The van der Waals surface area contributed by atoms with Crippen LogP contribution in [0.15, 0.2) is 18.3 Å². The molecule has 1 aromatic rings. The summed E-state index contributed by atoms with van der Waals surface area (Å²) >= 11 is 0. The molecule has 1 N–H and O–H groups in total. The molecule has 0 spiro atoms. The van der Waals surface area contributed by atoms with E-state index in [4.69, 9.17) is 4.74 Å². The normalized spacial score (nSPS) is 24.4. The zero-order valence-electron chi connectivity index (χ0n) is 12.2. The smallest absolute Gasteiger partial charge is 0.125 e. The van der Waals surface area contributed by atoms with Crippen molar-refractivity contribution in [2.45, 2.75) is 45.9 Å². The van der Waals surface area contributed by atoms with Gasteiger partial charge < -0.3 is 10.1 Å². The van der Waals surface area contributed by atoms with Gasteiger partial charge in [-0.2, -0.15) is 0 Å². The fourth-order valence-corrected chi connectivity index (χ4v) is 2.55. The van der Waals surface area contributed by atoms with Gasteiger partial charge in [0, 0.05) is 32.4 Å². The minimum Gasteiger partial charge on any atom is -0.373 e. The van der Waals surface area contributed by atoms with E-state index in [-0.39, 0.29) is 0 Å². The predicted octanol–water partition coefficient (Wildman–Crippen LogP) is 2.51. The molecule has 1 saturated heterocycles. The Labute approximate surface area is 116 Å². The van der Waals surface area contributed by atoms with Gasteiger partial charge in [0.1, 0.15) is 5.82 Å². The molecule has 2 heterocycles. The van der Waals surface area contributed by atoms with Gasteiger partial charge >= 0.3 is 0 Å². The molecule has 1 aromatic heterocycles. The molecule has 1 aliphatic rings. The van der Waals surface area contributed by atoms with E-state index in [1.165, 1.54) is 5.56 Å². The molecule has 19 heavy (non-hydrogen) atoms. The molecule has 2 rings (SSSR count). The first-order valence-corrected chi connectivity index (χ1v) is 7.24. The van der Waals surface area contributed by atoms with Crippen LogP contribution in [0.25, 0.3) is 0 Å². The number of hydrogen-bond donors (Lipinski definition) is 1. The largest absolute Gasteiger partial charge is 0.373 e. The van der Waals surface area contributed by atoms with Gasteiger partial charge in [-0.1, -0.05) is 13.0 Å². The molecule has 1 fully saturated rings. The quantitative estimate of drug-likeness (QED) is 0.885. The monoisotopic (exact) mass is 263 g/mol. The molecular formula is C15H25N3O. The maximum atomic E-state index is 5.75. The number of nitrogens with one attached hydrogen (secondary N) is 1. The van der Waals surface area contributed by atoms with E-state index in [1.807, 2.05) is 6.20 Å². The first-order chi connectivity index (χ1) is 9.17. The lowest BCUT2D eigenvalue weighted by Crippen LogP contribution is -2.44. The van der Waals surface area contributed by atoms with Crippen LogP contribution in [0.1, 0.15) is 32.8 Å². The van der Waals surface area contributed by atoms with Gasteiger partial charge in [-0.3, -0.25) is 4.90 Å². The number of aromatic nitrogens is 1. The van der Waals surface area contributed by atoms with Crippen LogP contribution in [0.5, 0.6) is 0 Å². The summed E-state index contributed by atoms with van der Waals surface area (Å²) < 4.78 is 5.75. The second kappa shape index (κ2) is 6.87. The Kier molecular flexibility index (Phi) is 5.16. The van der Waals surface area contributed by atoms with Crippen LogP contribution in [-0.4, -0.2) is 41.7 Å². The Bertz CT molecular complexity index is 369. The van der Waals surface area contributed by atoms with Crippen LogP contribution in [-0.2, 0) is 11.3 Å². The average Bonchev–Trinajstić information content (AvgIpc) is 2.37. The van der Waals surface area contributed by atoms with Crippen molar-refractivity contribution in [2.24, 2.45) is 0 Å². The summed E-state index contributed by atoms with van der Waals surface area (Å²) in [7, 11) is 0. The van der Waals surface area contributed by atoms with Gasteiger partial charge in [0.25, 0.3) is 0 Å². The van der Waals surface area contributed by atoms with Crippen molar-refractivity contribution in [2.75, 3.05) is 25.0 Å². The highest BCUT2D eigenvalue weighted by atomic mass is 16.5. The Morgan fingerprint density at radius 1 is 1.32 bits per heavy atom. The molecule has 4 heteroatoms. The fourth-order valence-electron chi connectivity index (χ4n) is 2.55. The van der Waals surface area contributed by atoms with E-state index in [9.17, 15) is 0 Å². The van der Waals surface area contributed by atoms with Gasteiger partial charge in [0.05, 0.1) is 12.2 Å². The summed E-state index contributed by atoms with van der Waals surface area (Å²) in [5.41, 5.74) is 1.27. The Balaban J connectivity index is 1.88. The topological polar surface area (TPSA) is 37.4 Å². The number of pyridine rings is 1. The van der Waals surface area contributed by atoms with Crippen molar-refractivity contribution >= 4 is 5.82 Å². The standard InChI is InChI=1S/C15H25N3O/c1-4-7-16-15-6-5-14(8-17-15)11-18-9-12(2)19-13(3)10-18/h5-6,8,12-13H,4,7,9-11H2,1-3H3,(H,16,17)/t12-,13+. The van der Waals surface area contributed by atoms with Crippen molar-refractivity contribution in [3.05, 3.63) is 23.9 Å². The maximum Gasteiger partial charge on any atom is 0.125 e. The second-order valence-corrected chi connectivity index (χ2v) is 5.43. The zero-order chi connectivity index (χ0) is 13.7. The summed E-state index contributed by atoms with van der Waals surface area (Å²) in [6, 6.07) is 4.23. The number of nitrogens with zero attached hydrogens (tertiary/aromatic N) is 2. The van der Waals surface area contributed by atoms with Crippen molar-refractivity contribution in [1.82, 2.24) is 9.88 Å². The van der Waals surface area contributed by atoms with E-state index >= 15 is 0 Å². The van der Waals surface area contributed by atoms with Gasteiger partial charge in [0.15, 0.2) is 0 Å². The van der Waals surface area contributed by atoms with Gasteiger partial charge in [-0.05, 0) is 31.9 Å². The lowest BCUT2D eigenvalue weighted by molar-refractivity contribution is -0.0705. The maximum absolute atomic E-state index is 5.75. The van der Waals surface area contributed by atoms with E-state index in [1.54, 1.807) is 0 Å². The van der Waals surface area contributed by atoms with Gasteiger partial charge in [0.2, 0.25) is 0 Å². The Hall–Kier alpha value is -1.13. The summed E-state index contributed by atoms with van der Waals surface area (Å²) in [6.45, 7) is 10.4. The van der Waals surface area contributed by atoms with Crippen molar-refractivity contribution in [3.63, 3.8) is 0 Å². The summed E-state index contributed by atoms with van der Waals surface area (Å²) in [5.74, 6) is 0.967. The third kappa shape index (κ3) is 4.48. The molecule has 0 aliphatic carbocycles. The van der Waals surface area contributed by atoms with E-state index in [2.05, 4.69) is 48.1 Å². The molecule has 106 valence electrons. The third-order valence-corrected chi connectivity index (χ3v) is 3.28. The van der Waals surface area contributed by atoms with E-state index in [0.717, 1.165) is 38.4 Å². The lowest BCUT2D eigenvalue weighted by Gasteiger charge is -2.35. The fraction of sp³-hybridized carbons (Fsp3) is 0.667. The highest BCUT2D eigenvalue weighted by Gasteiger charge is 2.21. The molecule has 0 unspecified atom stereocenters. The molecule has 0 radical (unpaired) electrons. The summed E-state index contributed by atoms with van der Waals surface area (Å²) in [6.07, 6.45) is 3.74. The van der Waals surface area contributed by atoms with E-state index in [0.29, 0.717) is 12.2 Å². The van der Waals surface area contributed by atoms with Crippen LogP contribution >= 0.6 is 0 Å². The number of rotatable bonds is 5. The Morgan fingerprint density at radius 2 is 2.05 bits per heavy atom. The SMILES string of the molecule is CCCNc1ccc(CN2C[C@@H](C)O[C@@H](C)C2)cn1. The van der Waals surface area contributed by atoms with Crippen LogP contribution in [0.4, 0.5) is 5.82 Å². The number of morpholine rings is 1. The van der Waals surface area contributed by atoms with Gasteiger partial charge in [-0.15, -0.1) is 0 Å². The first kappa shape index (κ1) is 14.3. The molecule has 1 aliphatic heterocycles. The van der Waals surface area contributed by atoms with Crippen LogP contribution in [0.2, 0.25) is 0 Å². The first-order valence-electron chi connectivity index (χ1n) is 7.24. The van der Waals surface area contributed by atoms with Crippen LogP contribution in [0, 0.1) is 0 Å². The molecular weight excluding hydrogens is 238 g/mol. The average molecular weight is 263 g/mol. The summed E-state index contributed by atoms with van der Waals surface area (Å²) in [4.78, 5) is 6.89. The summed E-state index contributed by atoms with van der Waals surface area (Å²) in [5, 5.41) is 3.29. The third-order valence-electron chi connectivity index (χ3n) is 3.28. The highest BCUT2D eigenvalue weighted by Crippen LogP contribution is 2.14.